The number of Topliss-reactive ketones (excluding diaryl/α,β-unsaturated/α-hetero) is 1. The van der Waals surface area contributed by atoms with Gasteiger partial charge in [-0.05, 0) is 23.8 Å². The van der Waals surface area contributed by atoms with Crippen molar-refractivity contribution in [2.75, 3.05) is 0 Å². The normalized spacial score (nSPS) is 10.8. The number of para-hydroxylation sites is 1. The summed E-state index contributed by atoms with van der Waals surface area (Å²) in [5, 5.41) is 0.892. The van der Waals surface area contributed by atoms with E-state index in [2.05, 4.69) is 20.9 Å². The number of hydrogen-bond donors (Lipinski definition) is 0. The van der Waals surface area contributed by atoms with Gasteiger partial charge >= 0.3 is 0 Å². The Labute approximate surface area is 129 Å². The number of carbonyl (C=O) groups is 1. The van der Waals surface area contributed by atoms with Crippen molar-refractivity contribution in [2.45, 2.75) is 12.8 Å². The van der Waals surface area contributed by atoms with Crippen molar-refractivity contribution < 1.29 is 4.79 Å². The van der Waals surface area contributed by atoms with Gasteiger partial charge in [0.05, 0.1) is 16.6 Å². The molecule has 100 valence electrons. The summed E-state index contributed by atoms with van der Waals surface area (Å²) in [4.78, 5) is 16.7. The van der Waals surface area contributed by atoms with Crippen molar-refractivity contribution in [1.82, 2.24) is 4.98 Å². The summed E-state index contributed by atoms with van der Waals surface area (Å²) in [6.45, 7) is 0. The van der Waals surface area contributed by atoms with Crippen LogP contribution in [0.1, 0.15) is 10.6 Å². The number of fused-ring (bicyclic) bond motifs is 1. The molecule has 2 nitrogen and oxygen atoms in total. The third-order valence-electron chi connectivity index (χ3n) is 3.03. The Balaban J connectivity index is 1.74. The highest BCUT2D eigenvalue weighted by Crippen LogP contribution is 2.23. The van der Waals surface area contributed by atoms with Gasteiger partial charge in [0.1, 0.15) is 10.8 Å². The van der Waals surface area contributed by atoms with Gasteiger partial charge in [-0.1, -0.05) is 46.3 Å². The van der Waals surface area contributed by atoms with Gasteiger partial charge < -0.3 is 0 Å². The average molecular weight is 346 g/mol. The number of nitrogens with zero attached hydrogens (tertiary/aromatic N) is 1. The molecule has 0 atom stereocenters. The number of halogens is 1. The Morgan fingerprint density at radius 2 is 1.80 bits per heavy atom. The molecule has 4 heteroatoms. The summed E-state index contributed by atoms with van der Waals surface area (Å²) in [7, 11) is 0. The van der Waals surface area contributed by atoms with E-state index >= 15 is 0 Å². The summed E-state index contributed by atoms with van der Waals surface area (Å²) in [5.74, 6) is 0.191. The molecule has 0 aliphatic heterocycles. The molecule has 0 fully saturated rings. The zero-order valence-corrected chi connectivity index (χ0v) is 13.1. The molecule has 2 aromatic carbocycles. The van der Waals surface area contributed by atoms with E-state index in [1.165, 1.54) is 0 Å². The molecule has 0 radical (unpaired) electrons. The standard InChI is InChI=1S/C16H12BrNOS/c17-13-6-2-1-5-11(13)9-12(19)10-16-18-14-7-3-4-8-15(14)20-16/h1-8H,9-10H2. The van der Waals surface area contributed by atoms with Gasteiger partial charge in [-0.3, -0.25) is 4.79 Å². The van der Waals surface area contributed by atoms with Crippen molar-refractivity contribution in [3.63, 3.8) is 0 Å². The quantitative estimate of drug-likeness (QED) is 0.700. The molecule has 3 aromatic rings. The van der Waals surface area contributed by atoms with Gasteiger partial charge in [-0.25, -0.2) is 4.98 Å². The third kappa shape index (κ3) is 2.97. The van der Waals surface area contributed by atoms with Crippen molar-refractivity contribution in [2.24, 2.45) is 0 Å². The highest BCUT2D eigenvalue weighted by molar-refractivity contribution is 9.10. The van der Waals surface area contributed by atoms with Crippen molar-refractivity contribution in [1.29, 1.82) is 0 Å². The molecule has 0 unspecified atom stereocenters. The highest BCUT2D eigenvalue weighted by Gasteiger charge is 2.11. The summed E-state index contributed by atoms with van der Waals surface area (Å²) in [6, 6.07) is 15.8. The molecule has 0 bridgehead atoms. The second kappa shape index (κ2) is 5.85. The molecular weight excluding hydrogens is 334 g/mol. The average Bonchev–Trinajstić information content (AvgIpc) is 2.83. The van der Waals surface area contributed by atoms with Crippen LogP contribution in [0.2, 0.25) is 0 Å². The zero-order valence-electron chi connectivity index (χ0n) is 10.7. The molecule has 3 rings (SSSR count). The first-order chi connectivity index (χ1) is 9.72. The van der Waals surface area contributed by atoms with Crippen LogP contribution in [0.15, 0.2) is 53.0 Å². The van der Waals surface area contributed by atoms with Crippen LogP contribution in [0, 0.1) is 0 Å². The molecule has 0 aliphatic carbocycles. The van der Waals surface area contributed by atoms with E-state index in [1.54, 1.807) is 11.3 Å². The predicted molar refractivity (Wildman–Crippen MR) is 86.2 cm³/mol. The number of rotatable bonds is 4. The van der Waals surface area contributed by atoms with E-state index < -0.39 is 0 Å². The second-order valence-electron chi connectivity index (χ2n) is 4.56. The maximum atomic E-state index is 12.2. The van der Waals surface area contributed by atoms with Crippen molar-refractivity contribution in [3.8, 4) is 0 Å². The Morgan fingerprint density at radius 1 is 1.05 bits per heavy atom. The summed E-state index contributed by atoms with van der Waals surface area (Å²) in [5.41, 5.74) is 2.00. The lowest BCUT2D eigenvalue weighted by molar-refractivity contribution is -0.117. The fraction of sp³-hybridized carbons (Fsp3) is 0.125. The molecule has 0 N–H and O–H groups in total. The zero-order chi connectivity index (χ0) is 13.9. The van der Waals surface area contributed by atoms with Crippen molar-refractivity contribution >= 4 is 43.3 Å². The van der Waals surface area contributed by atoms with Crippen LogP contribution < -0.4 is 0 Å². The third-order valence-corrected chi connectivity index (χ3v) is 4.84. The first-order valence-electron chi connectivity index (χ1n) is 6.32. The predicted octanol–water partition coefficient (Wildman–Crippen LogP) is 4.41. The molecule has 0 aliphatic rings. The van der Waals surface area contributed by atoms with Crippen LogP contribution in [0.5, 0.6) is 0 Å². The Bertz CT molecular complexity index is 733. The van der Waals surface area contributed by atoms with Gasteiger partial charge in [0.25, 0.3) is 0 Å². The maximum Gasteiger partial charge on any atom is 0.144 e. The van der Waals surface area contributed by atoms with Crippen molar-refractivity contribution in [3.05, 3.63) is 63.6 Å². The summed E-state index contributed by atoms with van der Waals surface area (Å²) < 4.78 is 2.12. The molecular formula is C16H12BrNOS. The number of benzene rings is 2. The molecule has 1 aromatic heterocycles. The largest absolute Gasteiger partial charge is 0.299 e. The molecule has 0 spiro atoms. The number of aromatic nitrogens is 1. The fourth-order valence-corrected chi connectivity index (χ4v) is 3.50. The van der Waals surface area contributed by atoms with Gasteiger partial charge in [-0.2, -0.15) is 0 Å². The first-order valence-corrected chi connectivity index (χ1v) is 7.93. The molecule has 0 saturated carbocycles. The smallest absolute Gasteiger partial charge is 0.144 e. The van der Waals surface area contributed by atoms with Gasteiger partial charge in [0, 0.05) is 10.9 Å². The summed E-state index contributed by atoms with van der Waals surface area (Å²) in [6.07, 6.45) is 0.845. The van der Waals surface area contributed by atoms with Crippen LogP contribution in [0.25, 0.3) is 10.2 Å². The SMILES string of the molecule is O=C(Cc1nc2ccccc2s1)Cc1ccccc1Br. The second-order valence-corrected chi connectivity index (χ2v) is 6.53. The van der Waals surface area contributed by atoms with Crippen LogP contribution >= 0.6 is 27.3 Å². The first kappa shape index (κ1) is 13.5. The molecule has 0 saturated heterocycles. The van der Waals surface area contributed by atoms with Gasteiger partial charge in [0.2, 0.25) is 0 Å². The van der Waals surface area contributed by atoms with E-state index in [9.17, 15) is 4.79 Å². The lowest BCUT2D eigenvalue weighted by Crippen LogP contribution is -2.06. The summed E-state index contributed by atoms with van der Waals surface area (Å²) >= 11 is 5.07. The topological polar surface area (TPSA) is 30.0 Å². The molecule has 0 amide bonds. The van der Waals surface area contributed by atoms with E-state index in [0.29, 0.717) is 12.8 Å². The van der Waals surface area contributed by atoms with E-state index in [-0.39, 0.29) is 5.78 Å². The monoisotopic (exact) mass is 345 g/mol. The highest BCUT2D eigenvalue weighted by atomic mass is 79.9. The van der Waals surface area contributed by atoms with Gasteiger partial charge in [0.15, 0.2) is 0 Å². The minimum absolute atomic E-state index is 0.191. The van der Waals surface area contributed by atoms with Crippen LogP contribution in [-0.4, -0.2) is 10.8 Å². The van der Waals surface area contributed by atoms with E-state index in [1.807, 2.05) is 48.5 Å². The minimum Gasteiger partial charge on any atom is -0.299 e. The van der Waals surface area contributed by atoms with Crippen LogP contribution in [0.3, 0.4) is 0 Å². The molecule has 1 heterocycles. The number of hydrogen-bond acceptors (Lipinski definition) is 3. The van der Waals surface area contributed by atoms with E-state index in [0.717, 1.165) is 25.3 Å². The van der Waals surface area contributed by atoms with Crippen LogP contribution in [-0.2, 0) is 17.6 Å². The number of carbonyl (C=O) groups excluding carboxylic acids is 1. The Hall–Kier alpha value is -1.52. The van der Waals surface area contributed by atoms with E-state index in [4.69, 9.17) is 0 Å². The van der Waals surface area contributed by atoms with Crippen LogP contribution in [0.4, 0.5) is 0 Å². The number of ketones is 1. The lowest BCUT2D eigenvalue weighted by atomic mass is 10.1. The Morgan fingerprint density at radius 3 is 2.60 bits per heavy atom. The number of thiazole rings is 1. The maximum absolute atomic E-state index is 12.2. The Kier molecular flexibility index (Phi) is 3.94. The lowest BCUT2D eigenvalue weighted by Gasteiger charge is -2.02. The van der Waals surface area contributed by atoms with Gasteiger partial charge in [-0.15, -0.1) is 11.3 Å². The molecule has 20 heavy (non-hydrogen) atoms. The minimum atomic E-state index is 0.191. The fourth-order valence-electron chi connectivity index (χ4n) is 2.08.